The minimum Gasteiger partial charge on any atom is -0.149 e. The molecule has 0 nitrogen and oxygen atoms in total. The molecule has 0 amide bonds. The molecule has 15 heavy (non-hydrogen) atoms. The summed E-state index contributed by atoms with van der Waals surface area (Å²) in [7, 11) is 0. The van der Waals surface area contributed by atoms with Crippen molar-refractivity contribution in [1.29, 1.82) is 0 Å². The number of rotatable bonds is 2. The highest BCUT2D eigenvalue weighted by molar-refractivity contribution is 7.11. The number of alkyl halides is 1. The van der Waals surface area contributed by atoms with Gasteiger partial charge >= 0.3 is 0 Å². The summed E-state index contributed by atoms with van der Waals surface area (Å²) in [6.45, 7) is 4.22. The first-order valence-corrected chi connectivity index (χ1v) is 7.10. The quantitative estimate of drug-likeness (QED) is 0.644. The highest BCUT2D eigenvalue weighted by Crippen LogP contribution is 2.40. The first-order valence-electron chi connectivity index (χ1n) is 4.52. The molecule has 2 rings (SSSR count). The van der Waals surface area contributed by atoms with E-state index in [-0.39, 0.29) is 5.38 Å². The lowest BCUT2D eigenvalue weighted by Crippen LogP contribution is -1.91. The van der Waals surface area contributed by atoms with Crippen molar-refractivity contribution in [1.82, 2.24) is 0 Å². The SMILES string of the molecule is Cc1scc(C(Cl)c2sccc2Cl)c1C. The van der Waals surface area contributed by atoms with Gasteiger partial charge in [-0.15, -0.1) is 34.3 Å². The van der Waals surface area contributed by atoms with Crippen LogP contribution in [0.3, 0.4) is 0 Å². The summed E-state index contributed by atoms with van der Waals surface area (Å²) < 4.78 is 0. The summed E-state index contributed by atoms with van der Waals surface area (Å²) >= 11 is 15.9. The third-order valence-electron chi connectivity index (χ3n) is 2.47. The molecule has 0 bridgehead atoms. The van der Waals surface area contributed by atoms with Gasteiger partial charge < -0.3 is 0 Å². The van der Waals surface area contributed by atoms with Crippen LogP contribution in [0.2, 0.25) is 5.02 Å². The van der Waals surface area contributed by atoms with Crippen LogP contribution >= 0.6 is 45.9 Å². The normalized spacial score (nSPS) is 13.1. The van der Waals surface area contributed by atoms with Crippen molar-refractivity contribution in [3.8, 4) is 0 Å². The molecule has 80 valence electrons. The van der Waals surface area contributed by atoms with Crippen LogP contribution < -0.4 is 0 Å². The lowest BCUT2D eigenvalue weighted by atomic mass is 10.1. The Hall–Kier alpha value is -0.0200. The van der Waals surface area contributed by atoms with E-state index in [1.165, 1.54) is 16.0 Å². The predicted octanol–water partition coefficient (Wildman–Crippen LogP) is 5.41. The average Bonchev–Trinajstić information content (AvgIpc) is 2.75. The molecule has 1 atom stereocenters. The largest absolute Gasteiger partial charge is 0.149 e. The maximum Gasteiger partial charge on any atom is 0.0953 e. The summed E-state index contributed by atoms with van der Waals surface area (Å²) in [4.78, 5) is 2.36. The summed E-state index contributed by atoms with van der Waals surface area (Å²) in [5.41, 5.74) is 2.47. The van der Waals surface area contributed by atoms with Crippen molar-refractivity contribution in [3.05, 3.63) is 42.7 Å². The molecule has 0 fully saturated rings. The minimum atomic E-state index is -0.109. The van der Waals surface area contributed by atoms with E-state index in [0.717, 1.165) is 9.90 Å². The van der Waals surface area contributed by atoms with Crippen molar-refractivity contribution in [2.45, 2.75) is 19.2 Å². The second kappa shape index (κ2) is 4.46. The third kappa shape index (κ3) is 2.09. The molecule has 2 aromatic rings. The van der Waals surface area contributed by atoms with E-state index < -0.39 is 0 Å². The highest BCUT2D eigenvalue weighted by Gasteiger charge is 2.19. The highest BCUT2D eigenvalue weighted by atomic mass is 35.5. The number of halogens is 2. The number of aryl methyl sites for hydroxylation is 1. The maximum absolute atomic E-state index is 6.43. The molecule has 0 aliphatic carbocycles. The Morgan fingerprint density at radius 2 is 2.00 bits per heavy atom. The summed E-state index contributed by atoms with van der Waals surface area (Å²) in [6.07, 6.45) is 0. The predicted molar refractivity (Wildman–Crippen MR) is 70.8 cm³/mol. The van der Waals surface area contributed by atoms with Crippen LogP contribution in [-0.2, 0) is 0 Å². The molecule has 0 saturated carbocycles. The van der Waals surface area contributed by atoms with E-state index in [4.69, 9.17) is 23.2 Å². The van der Waals surface area contributed by atoms with Gasteiger partial charge in [-0.05, 0) is 41.8 Å². The molecule has 4 heteroatoms. The number of thiophene rings is 2. The molecule has 0 aliphatic rings. The summed E-state index contributed by atoms with van der Waals surface area (Å²) in [5, 5.41) is 4.76. The van der Waals surface area contributed by atoms with Crippen LogP contribution in [0.25, 0.3) is 0 Å². The Bertz CT molecular complexity index is 471. The fraction of sp³-hybridized carbons (Fsp3) is 0.273. The third-order valence-corrected chi connectivity index (χ3v) is 5.51. The maximum atomic E-state index is 6.43. The Morgan fingerprint density at radius 3 is 2.47 bits per heavy atom. The Labute approximate surface area is 107 Å². The van der Waals surface area contributed by atoms with E-state index in [0.29, 0.717) is 0 Å². The lowest BCUT2D eigenvalue weighted by Gasteiger charge is -2.08. The van der Waals surface area contributed by atoms with Crippen LogP contribution in [0.5, 0.6) is 0 Å². The van der Waals surface area contributed by atoms with Gasteiger partial charge in [0.2, 0.25) is 0 Å². The van der Waals surface area contributed by atoms with Crippen LogP contribution in [0, 0.1) is 13.8 Å². The Balaban J connectivity index is 2.41. The first-order chi connectivity index (χ1) is 7.11. The van der Waals surface area contributed by atoms with Crippen molar-refractivity contribution in [2.24, 2.45) is 0 Å². The van der Waals surface area contributed by atoms with Gasteiger partial charge in [0.25, 0.3) is 0 Å². The van der Waals surface area contributed by atoms with E-state index >= 15 is 0 Å². The van der Waals surface area contributed by atoms with Crippen molar-refractivity contribution >= 4 is 45.9 Å². The van der Waals surface area contributed by atoms with Gasteiger partial charge in [-0.1, -0.05) is 11.6 Å². The molecule has 0 N–H and O–H groups in total. The topological polar surface area (TPSA) is 0 Å². The minimum absolute atomic E-state index is 0.109. The Morgan fingerprint density at radius 1 is 1.27 bits per heavy atom. The number of hydrogen-bond donors (Lipinski definition) is 0. The molecular weight excluding hydrogens is 267 g/mol. The van der Waals surface area contributed by atoms with Crippen molar-refractivity contribution < 1.29 is 0 Å². The van der Waals surface area contributed by atoms with Gasteiger partial charge in [0.1, 0.15) is 0 Å². The van der Waals surface area contributed by atoms with Crippen molar-refractivity contribution in [2.75, 3.05) is 0 Å². The van der Waals surface area contributed by atoms with Crippen LogP contribution in [0.4, 0.5) is 0 Å². The number of hydrogen-bond acceptors (Lipinski definition) is 2. The van der Waals surface area contributed by atoms with Crippen molar-refractivity contribution in [3.63, 3.8) is 0 Å². The van der Waals surface area contributed by atoms with Crippen LogP contribution in [0.1, 0.15) is 26.3 Å². The van der Waals surface area contributed by atoms with Gasteiger partial charge in [-0.2, -0.15) is 0 Å². The smallest absolute Gasteiger partial charge is 0.0953 e. The molecule has 0 spiro atoms. The zero-order chi connectivity index (χ0) is 11.0. The van der Waals surface area contributed by atoms with E-state index in [1.54, 1.807) is 22.7 Å². The lowest BCUT2D eigenvalue weighted by molar-refractivity contribution is 1.16. The fourth-order valence-corrected chi connectivity index (χ4v) is 4.11. The molecule has 0 aliphatic heterocycles. The van der Waals surface area contributed by atoms with Gasteiger partial charge in [0.05, 0.1) is 10.4 Å². The van der Waals surface area contributed by atoms with Gasteiger partial charge in [0.15, 0.2) is 0 Å². The van der Waals surface area contributed by atoms with E-state index in [9.17, 15) is 0 Å². The molecule has 2 aromatic heterocycles. The first kappa shape index (κ1) is 11.5. The molecule has 2 heterocycles. The standard InChI is InChI=1S/C11H10Cl2S2/c1-6-7(2)15-5-8(6)10(13)11-9(12)3-4-14-11/h3-5,10H,1-2H3. The van der Waals surface area contributed by atoms with Gasteiger partial charge in [-0.3, -0.25) is 0 Å². The monoisotopic (exact) mass is 276 g/mol. The Kier molecular flexibility index (Phi) is 3.41. The zero-order valence-electron chi connectivity index (χ0n) is 8.38. The van der Waals surface area contributed by atoms with Crippen LogP contribution in [0.15, 0.2) is 16.8 Å². The van der Waals surface area contributed by atoms with E-state index in [2.05, 4.69) is 19.2 Å². The molecule has 1 unspecified atom stereocenters. The van der Waals surface area contributed by atoms with E-state index in [1.807, 2.05) is 11.4 Å². The average molecular weight is 277 g/mol. The van der Waals surface area contributed by atoms with Crippen LogP contribution in [-0.4, -0.2) is 0 Å². The summed E-state index contributed by atoms with van der Waals surface area (Å²) in [6, 6.07) is 1.89. The molecule has 0 radical (unpaired) electrons. The zero-order valence-corrected chi connectivity index (χ0v) is 11.5. The molecule has 0 saturated heterocycles. The second-order valence-electron chi connectivity index (χ2n) is 3.37. The summed E-state index contributed by atoms with van der Waals surface area (Å²) in [5.74, 6) is 0. The van der Waals surface area contributed by atoms with Gasteiger partial charge in [-0.25, -0.2) is 0 Å². The second-order valence-corrected chi connectivity index (χ2v) is 6.24. The van der Waals surface area contributed by atoms with Gasteiger partial charge in [0, 0.05) is 9.75 Å². The molecule has 0 aromatic carbocycles. The molecular formula is C11H10Cl2S2. The fourth-order valence-electron chi connectivity index (χ4n) is 1.41.